The molecule has 9 nitrogen and oxygen atoms in total. The first-order valence-electron chi connectivity index (χ1n) is 13.1. The molecular formula is C30H32N2O7. The molecule has 0 aliphatic carbocycles. The first-order valence-corrected chi connectivity index (χ1v) is 13.1. The standard InChI is InChI=1S/C30H32N2O7/c1-36-21-8-9-25-23(16-21)19(17-32-25)10-11-31-30(35)27-14-20(15-28(39-27)37-13-5-4-12-33)24-18-38-26-7-3-2-6-22(26)29(24)34/h2-3,6-9,14,16-18,20,28,32-33H,4-5,10-13,15H2,1H3,(H,31,35)/t20-,28+/m1/s1. The molecule has 2 aromatic heterocycles. The quantitative estimate of drug-likeness (QED) is 0.248. The van der Waals surface area contributed by atoms with Gasteiger partial charge in [0.25, 0.3) is 5.91 Å². The van der Waals surface area contributed by atoms with Gasteiger partial charge in [0.1, 0.15) is 11.3 Å². The summed E-state index contributed by atoms with van der Waals surface area (Å²) in [7, 11) is 1.63. The maximum absolute atomic E-state index is 13.3. The predicted molar refractivity (Wildman–Crippen MR) is 147 cm³/mol. The van der Waals surface area contributed by atoms with E-state index in [1.807, 2.05) is 30.5 Å². The van der Waals surface area contributed by atoms with Crippen molar-refractivity contribution in [1.82, 2.24) is 10.3 Å². The Balaban J connectivity index is 1.32. The summed E-state index contributed by atoms with van der Waals surface area (Å²) in [4.78, 5) is 29.7. The number of benzene rings is 2. The van der Waals surface area contributed by atoms with E-state index in [2.05, 4.69) is 10.3 Å². The van der Waals surface area contributed by atoms with Crippen molar-refractivity contribution in [3.8, 4) is 5.75 Å². The number of amides is 1. The molecule has 0 saturated heterocycles. The summed E-state index contributed by atoms with van der Waals surface area (Å²) in [6.45, 7) is 0.824. The Bertz CT molecular complexity index is 1540. The van der Waals surface area contributed by atoms with Gasteiger partial charge in [0.15, 0.2) is 11.2 Å². The van der Waals surface area contributed by atoms with Crippen LogP contribution in [0.2, 0.25) is 0 Å². The number of fused-ring (bicyclic) bond motifs is 2. The van der Waals surface area contributed by atoms with Crippen molar-refractivity contribution in [2.75, 3.05) is 26.9 Å². The molecule has 0 radical (unpaired) electrons. The number of methoxy groups -OCH3 is 1. The van der Waals surface area contributed by atoms with Crippen LogP contribution in [0.1, 0.15) is 36.3 Å². The Hall–Kier alpha value is -4.08. The summed E-state index contributed by atoms with van der Waals surface area (Å²) < 4.78 is 22.8. The van der Waals surface area contributed by atoms with Gasteiger partial charge in [-0.25, -0.2) is 0 Å². The highest BCUT2D eigenvalue weighted by molar-refractivity contribution is 5.92. The van der Waals surface area contributed by atoms with Crippen molar-refractivity contribution in [2.45, 2.75) is 37.9 Å². The lowest BCUT2D eigenvalue weighted by Gasteiger charge is -2.29. The smallest absolute Gasteiger partial charge is 0.286 e. The molecule has 39 heavy (non-hydrogen) atoms. The number of carbonyl (C=O) groups excluding carboxylic acids is 1. The average molecular weight is 533 g/mol. The molecule has 204 valence electrons. The van der Waals surface area contributed by atoms with Crippen LogP contribution in [0.4, 0.5) is 0 Å². The molecule has 0 saturated carbocycles. The molecule has 0 spiro atoms. The van der Waals surface area contributed by atoms with Gasteiger partial charge in [0, 0.05) is 48.2 Å². The molecule has 0 bridgehead atoms. The molecule has 3 N–H and O–H groups in total. The fourth-order valence-corrected chi connectivity index (χ4v) is 4.80. The van der Waals surface area contributed by atoms with E-state index in [0.717, 1.165) is 22.2 Å². The number of aromatic nitrogens is 1. The van der Waals surface area contributed by atoms with Crippen LogP contribution >= 0.6 is 0 Å². The topological polar surface area (TPSA) is 123 Å². The average Bonchev–Trinajstić information content (AvgIpc) is 3.37. The number of hydrogen-bond acceptors (Lipinski definition) is 7. The van der Waals surface area contributed by atoms with Crippen molar-refractivity contribution in [3.63, 3.8) is 0 Å². The van der Waals surface area contributed by atoms with Gasteiger partial charge in [-0.3, -0.25) is 9.59 Å². The van der Waals surface area contributed by atoms with Gasteiger partial charge < -0.3 is 34.0 Å². The molecule has 3 heterocycles. The number of ether oxygens (including phenoxy) is 3. The third-order valence-electron chi connectivity index (χ3n) is 6.90. The summed E-state index contributed by atoms with van der Waals surface area (Å²) in [6, 6.07) is 12.9. The Kier molecular flexibility index (Phi) is 8.29. The molecular weight excluding hydrogens is 500 g/mol. The highest BCUT2D eigenvalue weighted by Crippen LogP contribution is 2.31. The number of nitrogens with one attached hydrogen (secondary N) is 2. The van der Waals surface area contributed by atoms with E-state index in [-0.39, 0.29) is 23.7 Å². The number of hydrogen-bond donors (Lipinski definition) is 3. The second kappa shape index (κ2) is 12.2. The lowest BCUT2D eigenvalue weighted by Crippen LogP contribution is -2.34. The van der Waals surface area contributed by atoms with Crippen LogP contribution in [-0.4, -0.2) is 49.2 Å². The summed E-state index contributed by atoms with van der Waals surface area (Å²) in [6.07, 6.45) is 6.55. The number of rotatable bonds is 11. The Morgan fingerprint density at radius 2 is 2.05 bits per heavy atom. The lowest BCUT2D eigenvalue weighted by atomic mass is 9.93. The van der Waals surface area contributed by atoms with E-state index in [9.17, 15) is 9.59 Å². The van der Waals surface area contributed by atoms with Crippen LogP contribution in [-0.2, 0) is 20.7 Å². The van der Waals surface area contributed by atoms with Crippen molar-refractivity contribution in [2.24, 2.45) is 0 Å². The number of unbranched alkanes of at least 4 members (excludes halogenated alkanes) is 1. The molecule has 5 rings (SSSR count). The van der Waals surface area contributed by atoms with Crippen LogP contribution in [0.15, 0.2) is 76.0 Å². The zero-order valence-corrected chi connectivity index (χ0v) is 21.8. The predicted octanol–water partition coefficient (Wildman–Crippen LogP) is 4.14. The molecule has 1 aliphatic rings. The maximum Gasteiger partial charge on any atom is 0.286 e. The van der Waals surface area contributed by atoms with E-state index in [1.165, 1.54) is 6.26 Å². The first-order chi connectivity index (χ1) is 19.1. The largest absolute Gasteiger partial charge is 0.497 e. The monoisotopic (exact) mass is 532 g/mol. The molecule has 1 amide bonds. The fourth-order valence-electron chi connectivity index (χ4n) is 4.80. The van der Waals surface area contributed by atoms with Gasteiger partial charge in [0.2, 0.25) is 6.29 Å². The number of carbonyl (C=O) groups is 1. The van der Waals surface area contributed by atoms with E-state index in [4.69, 9.17) is 23.7 Å². The molecule has 2 aromatic carbocycles. The van der Waals surface area contributed by atoms with Gasteiger partial charge >= 0.3 is 0 Å². The first kappa shape index (κ1) is 26.5. The Labute approximate surface area is 225 Å². The van der Waals surface area contributed by atoms with E-state index < -0.39 is 12.2 Å². The summed E-state index contributed by atoms with van der Waals surface area (Å²) in [5.41, 5.74) is 2.85. The third-order valence-corrected chi connectivity index (χ3v) is 6.90. The maximum atomic E-state index is 13.3. The van der Waals surface area contributed by atoms with Crippen molar-refractivity contribution < 1.29 is 28.5 Å². The van der Waals surface area contributed by atoms with Crippen LogP contribution in [0.5, 0.6) is 5.75 Å². The molecule has 0 fully saturated rings. The highest BCUT2D eigenvalue weighted by Gasteiger charge is 2.30. The fraction of sp³-hybridized carbons (Fsp3) is 0.333. The number of aliphatic hydroxyl groups is 1. The van der Waals surface area contributed by atoms with E-state index in [1.54, 1.807) is 31.4 Å². The second-order valence-corrected chi connectivity index (χ2v) is 9.47. The van der Waals surface area contributed by atoms with Crippen molar-refractivity contribution >= 4 is 27.8 Å². The van der Waals surface area contributed by atoms with Crippen LogP contribution in [0.3, 0.4) is 0 Å². The number of aliphatic hydroxyl groups excluding tert-OH is 1. The van der Waals surface area contributed by atoms with E-state index >= 15 is 0 Å². The minimum atomic E-state index is -0.716. The molecule has 1 aliphatic heterocycles. The minimum absolute atomic E-state index is 0.0758. The Morgan fingerprint density at radius 1 is 1.18 bits per heavy atom. The van der Waals surface area contributed by atoms with Crippen molar-refractivity contribution in [1.29, 1.82) is 0 Å². The van der Waals surface area contributed by atoms with Crippen LogP contribution in [0.25, 0.3) is 21.9 Å². The van der Waals surface area contributed by atoms with Crippen LogP contribution in [0, 0.1) is 0 Å². The Morgan fingerprint density at radius 3 is 2.90 bits per heavy atom. The third kappa shape index (κ3) is 6.00. The van der Waals surface area contributed by atoms with Gasteiger partial charge in [-0.05, 0) is 61.2 Å². The highest BCUT2D eigenvalue weighted by atomic mass is 16.7. The van der Waals surface area contributed by atoms with Gasteiger partial charge in [-0.2, -0.15) is 0 Å². The number of aromatic amines is 1. The number of para-hydroxylation sites is 1. The number of H-pyrrole nitrogens is 1. The zero-order chi connectivity index (χ0) is 27.2. The second-order valence-electron chi connectivity index (χ2n) is 9.47. The molecule has 0 unspecified atom stereocenters. The normalized spacial score (nSPS) is 17.1. The number of allylic oxidation sites excluding steroid dienone is 1. The molecule has 4 aromatic rings. The van der Waals surface area contributed by atoms with Gasteiger partial charge in [0.05, 0.1) is 25.4 Å². The lowest BCUT2D eigenvalue weighted by molar-refractivity contribution is -0.146. The summed E-state index contributed by atoms with van der Waals surface area (Å²) in [5, 5.41) is 13.5. The molecule has 9 heteroatoms. The van der Waals surface area contributed by atoms with Gasteiger partial charge in [-0.1, -0.05) is 12.1 Å². The van der Waals surface area contributed by atoms with Gasteiger partial charge in [-0.15, -0.1) is 0 Å². The van der Waals surface area contributed by atoms with E-state index in [0.29, 0.717) is 55.4 Å². The SMILES string of the molecule is COc1ccc2[nH]cc(CCNC(=O)C3=C[C@@H](c4coc5ccccc5c4=O)C[C@@H](OCCCCO)O3)c2c1. The summed E-state index contributed by atoms with van der Waals surface area (Å²) >= 11 is 0. The van der Waals surface area contributed by atoms with Crippen LogP contribution < -0.4 is 15.5 Å². The molecule has 2 atom stereocenters. The zero-order valence-electron chi connectivity index (χ0n) is 21.8. The van der Waals surface area contributed by atoms with Crippen molar-refractivity contribution in [3.05, 3.63) is 88.1 Å². The summed E-state index contributed by atoms with van der Waals surface area (Å²) in [5.74, 6) is 0.0597. The minimum Gasteiger partial charge on any atom is -0.497 e.